The number of fused-ring (bicyclic) bond motifs is 3. The maximum Gasteiger partial charge on any atom is 0.336 e. The van der Waals surface area contributed by atoms with Crippen molar-refractivity contribution in [3.8, 4) is 0 Å². The standard InChI is InChI=1S/C28H45N3O4Si2/c1-19-17-30(26(32)31-21-15-13-12-14-20(21)29-25(19)31)24-16-22(35-37(10,11)28(5,6)7)23(34-24)18-33-36(8,9)27(2,3)4/h12-15,17,22-24H,16,18H2,1-11H3/t22-,23+,24+/m0/s1. The molecule has 3 heterocycles. The van der Waals surface area contributed by atoms with Gasteiger partial charge in [0.2, 0.25) is 0 Å². The number of para-hydroxylation sites is 2. The van der Waals surface area contributed by atoms with Gasteiger partial charge in [0.25, 0.3) is 0 Å². The molecule has 0 amide bonds. The number of rotatable bonds is 6. The molecular formula is C28H45N3O4Si2. The van der Waals surface area contributed by atoms with Crippen LogP contribution in [0.15, 0.2) is 35.3 Å². The van der Waals surface area contributed by atoms with Crippen molar-refractivity contribution >= 4 is 33.3 Å². The lowest BCUT2D eigenvalue weighted by Gasteiger charge is -2.40. The molecule has 0 spiro atoms. The molecule has 2 aromatic heterocycles. The molecule has 9 heteroatoms. The minimum atomic E-state index is -2.07. The summed E-state index contributed by atoms with van der Waals surface area (Å²) < 4.78 is 23.6. The zero-order valence-corrected chi connectivity index (χ0v) is 26.5. The number of aryl methyl sites for hydroxylation is 1. The maximum absolute atomic E-state index is 13.8. The third kappa shape index (κ3) is 5.25. The summed E-state index contributed by atoms with van der Waals surface area (Å²) in [6, 6.07) is 7.76. The highest BCUT2D eigenvalue weighted by molar-refractivity contribution is 6.74. The molecule has 3 aromatic rings. The van der Waals surface area contributed by atoms with E-state index in [1.807, 2.05) is 37.4 Å². The monoisotopic (exact) mass is 543 g/mol. The van der Waals surface area contributed by atoms with E-state index < -0.39 is 22.9 Å². The smallest absolute Gasteiger partial charge is 0.336 e. The van der Waals surface area contributed by atoms with Gasteiger partial charge in [-0.15, -0.1) is 0 Å². The van der Waals surface area contributed by atoms with Crippen LogP contribution >= 0.6 is 0 Å². The predicted molar refractivity (Wildman–Crippen MR) is 155 cm³/mol. The molecule has 1 aromatic carbocycles. The number of hydrogen-bond acceptors (Lipinski definition) is 5. The van der Waals surface area contributed by atoms with Crippen LogP contribution in [0.3, 0.4) is 0 Å². The summed E-state index contributed by atoms with van der Waals surface area (Å²) in [4.78, 5) is 18.5. The molecule has 0 bridgehead atoms. The molecule has 7 nitrogen and oxygen atoms in total. The summed E-state index contributed by atoms with van der Waals surface area (Å²) in [6.45, 7) is 25.0. The highest BCUT2D eigenvalue weighted by Gasteiger charge is 2.46. The average Bonchev–Trinajstić information content (AvgIpc) is 3.35. The van der Waals surface area contributed by atoms with Gasteiger partial charge in [0, 0.05) is 18.2 Å². The first-order chi connectivity index (χ1) is 16.9. The first kappa shape index (κ1) is 28.2. The Morgan fingerprint density at radius 2 is 1.65 bits per heavy atom. The Kier molecular flexibility index (Phi) is 7.21. The number of imidazole rings is 1. The van der Waals surface area contributed by atoms with Crippen LogP contribution in [0.4, 0.5) is 0 Å². The van der Waals surface area contributed by atoms with Crippen LogP contribution in [-0.2, 0) is 13.6 Å². The third-order valence-corrected chi connectivity index (χ3v) is 17.8. The van der Waals surface area contributed by atoms with Crippen LogP contribution in [0.5, 0.6) is 0 Å². The number of hydrogen-bond donors (Lipinski definition) is 0. The maximum atomic E-state index is 13.8. The Morgan fingerprint density at radius 3 is 2.27 bits per heavy atom. The highest BCUT2D eigenvalue weighted by Crippen LogP contribution is 2.42. The minimum Gasteiger partial charge on any atom is -0.414 e. The fourth-order valence-electron chi connectivity index (χ4n) is 4.33. The molecule has 0 saturated carbocycles. The average molecular weight is 544 g/mol. The van der Waals surface area contributed by atoms with Crippen molar-refractivity contribution in [1.82, 2.24) is 14.0 Å². The summed E-state index contributed by atoms with van der Waals surface area (Å²) in [7, 11) is -4.06. The van der Waals surface area contributed by atoms with E-state index in [0.29, 0.717) is 18.7 Å². The van der Waals surface area contributed by atoms with Gasteiger partial charge in [0.1, 0.15) is 18.0 Å². The largest absolute Gasteiger partial charge is 0.414 e. The first-order valence-corrected chi connectivity index (χ1v) is 19.2. The third-order valence-electron chi connectivity index (χ3n) is 8.82. The molecule has 1 fully saturated rings. The van der Waals surface area contributed by atoms with Crippen LogP contribution in [0.1, 0.15) is 59.8 Å². The second kappa shape index (κ2) is 9.45. The molecule has 0 N–H and O–H groups in total. The van der Waals surface area contributed by atoms with Gasteiger partial charge in [-0.05, 0) is 55.3 Å². The van der Waals surface area contributed by atoms with Gasteiger partial charge in [0.05, 0.1) is 23.7 Å². The van der Waals surface area contributed by atoms with E-state index in [0.717, 1.165) is 16.6 Å². The van der Waals surface area contributed by atoms with Crippen molar-refractivity contribution in [2.24, 2.45) is 0 Å². The van der Waals surface area contributed by atoms with E-state index in [4.69, 9.17) is 18.6 Å². The molecule has 3 atom stereocenters. The van der Waals surface area contributed by atoms with E-state index in [2.05, 4.69) is 67.7 Å². The van der Waals surface area contributed by atoms with Gasteiger partial charge in [-0.3, -0.25) is 4.57 Å². The molecule has 4 rings (SSSR count). The molecule has 204 valence electrons. The van der Waals surface area contributed by atoms with Crippen molar-refractivity contribution in [3.63, 3.8) is 0 Å². The van der Waals surface area contributed by atoms with Crippen LogP contribution in [0.25, 0.3) is 16.7 Å². The molecule has 0 aliphatic carbocycles. The van der Waals surface area contributed by atoms with E-state index >= 15 is 0 Å². The second-order valence-corrected chi connectivity index (χ2v) is 23.2. The van der Waals surface area contributed by atoms with Crippen LogP contribution in [0, 0.1) is 6.92 Å². The van der Waals surface area contributed by atoms with Crippen molar-refractivity contribution in [3.05, 3.63) is 46.5 Å². The lowest BCUT2D eigenvalue weighted by molar-refractivity contribution is -0.0413. The van der Waals surface area contributed by atoms with Crippen LogP contribution in [-0.4, -0.2) is 49.4 Å². The topological polar surface area (TPSA) is 67.0 Å². The predicted octanol–water partition coefficient (Wildman–Crippen LogP) is 6.66. The second-order valence-electron chi connectivity index (χ2n) is 13.6. The van der Waals surface area contributed by atoms with Gasteiger partial charge in [0.15, 0.2) is 16.6 Å². The quantitative estimate of drug-likeness (QED) is 0.325. The van der Waals surface area contributed by atoms with Gasteiger partial charge in [-0.1, -0.05) is 53.7 Å². The SMILES string of the molecule is Cc1cn([C@H]2C[C@H](O[Si](C)(C)C(C)(C)C)[C@@H](CO[Si](C)(C)C(C)(C)C)O2)c(=O)n2c1nc1ccccc12. The zero-order valence-electron chi connectivity index (χ0n) is 24.5. The van der Waals surface area contributed by atoms with Crippen molar-refractivity contribution in [2.45, 2.75) is 110 Å². The summed E-state index contributed by atoms with van der Waals surface area (Å²) in [5, 5.41) is 0.167. The van der Waals surface area contributed by atoms with Gasteiger partial charge in [-0.25, -0.2) is 14.2 Å². The molecule has 1 saturated heterocycles. The van der Waals surface area contributed by atoms with Gasteiger partial charge in [-0.2, -0.15) is 0 Å². The van der Waals surface area contributed by atoms with E-state index in [1.165, 1.54) is 0 Å². The normalized spacial score (nSPS) is 21.9. The fourth-order valence-corrected chi connectivity index (χ4v) is 6.71. The van der Waals surface area contributed by atoms with Crippen LogP contribution < -0.4 is 5.69 Å². The van der Waals surface area contributed by atoms with E-state index in [1.54, 1.807) is 8.97 Å². The fraction of sp³-hybridized carbons (Fsp3) is 0.643. The van der Waals surface area contributed by atoms with Gasteiger partial charge >= 0.3 is 5.69 Å². The Hall–Kier alpha value is -1.79. The van der Waals surface area contributed by atoms with E-state index in [-0.39, 0.29) is 28.0 Å². The van der Waals surface area contributed by atoms with Crippen LogP contribution in [0.2, 0.25) is 36.3 Å². The molecular weight excluding hydrogens is 498 g/mol. The first-order valence-electron chi connectivity index (χ1n) is 13.4. The summed E-state index contributed by atoms with van der Waals surface area (Å²) in [6.07, 6.45) is 1.68. The number of ether oxygens (including phenoxy) is 1. The lowest BCUT2D eigenvalue weighted by Crippen LogP contribution is -2.48. The Balaban J connectivity index is 1.71. The highest BCUT2D eigenvalue weighted by atomic mass is 28.4. The van der Waals surface area contributed by atoms with Crippen molar-refractivity contribution in [2.75, 3.05) is 6.61 Å². The van der Waals surface area contributed by atoms with Gasteiger partial charge < -0.3 is 13.6 Å². The molecule has 1 aliphatic heterocycles. The molecule has 37 heavy (non-hydrogen) atoms. The Morgan fingerprint density at radius 1 is 1.03 bits per heavy atom. The zero-order chi connectivity index (χ0) is 27.6. The van der Waals surface area contributed by atoms with E-state index in [9.17, 15) is 4.79 Å². The molecule has 1 aliphatic rings. The Bertz CT molecular complexity index is 1350. The lowest BCUT2D eigenvalue weighted by atomic mass is 10.2. The van der Waals surface area contributed by atoms with Crippen molar-refractivity contribution in [1.29, 1.82) is 0 Å². The Labute approximate surface area is 223 Å². The number of benzene rings is 1. The van der Waals surface area contributed by atoms with Crippen molar-refractivity contribution < 1.29 is 13.6 Å². The minimum absolute atomic E-state index is 0.0674. The summed E-state index contributed by atoms with van der Waals surface area (Å²) in [5.41, 5.74) is 3.10. The summed E-state index contributed by atoms with van der Waals surface area (Å²) >= 11 is 0. The molecule has 0 radical (unpaired) electrons. The molecule has 0 unspecified atom stereocenters. The number of nitrogens with zero attached hydrogens (tertiary/aromatic N) is 3. The number of aromatic nitrogens is 3. The summed E-state index contributed by atoms with van der Waals surface area (Å²) in [5.74, 6) is 0.